The summed E-state index contributed by atoms with van der Waals surface area (Å²) in [5, 5.41) is 2.62. The molecule has 0 aromatic heterocycles. The fraction of sp³-hybridized carbons (Fsp3) is 0.238. The topological polar surface area (TPSA) is 3.01 Å². The molecule has 0 N–H and O–H groups in total. The van der Waals surface area contributed by atoms with Crippen LogP contribution in [0.3, 0.4) is 0 Å². The van der Waals surface area contributed by atoms with Crippen LogP contribution in [0.5, 0.6) is 0 Å². The number of rotatable bonds is 3. The number of para-hydroxylation sites is 1. The lowest BCUT2D eigenvalue weighted by atomic mass is 10.1. The van der Waals surface area contributed by atoms with Gasteiger partial charge in [0.1, 0.15) is 0 Å². The van der Waals surface area contributed by atoms with Gasteiger partial charge in [0.2, 0.25) is 0 Å². The number of nitrogens with zero attached hydrogens (tertiary/aromatic N) is 1. The van der Waals surface area contributed by atoms with Gasteiger partial charge in [-0.2, -0.15) is 0 Å². The first-order valence-electron chi connectivity index (χ1n) is 8.14. The van der Waals surface area contributed by atoms with Gasteiger partial charge >= 0.3 is 0 Å². The minimum Gasteiger partial charge on any atom is -0.365 e. The van der Waals surface area contributed by atoms with E-state index in [9.17, 15) is 0 Å². The first kappa shape index (κ1) is 14.6. The summed E-state index contributed by atoms with van der Waals surface area (Å²) in [7, 11) is 0. The van der Waals surface area contributed by atoms with E-state index < -0.39 is 0 Å². The molecular formula is C21H23N. The fourth-order valence-electron chi connectivity index (χ4n) is 2.83. The monoisotopic (exact) mass is 289 g/mol. The molecule has 0 radical (unpaired) electrons. The molecule has 1 unspecified atom stereocenters. The lowest BCUT2D eigenvalue weighted by Gasteiger charge is -2.03. The van der Waals surface area contributed by atoms with E-state index >= 15 is 0 Å². The molecule has 3 aromatic rings. The average Bonchev–Trinajstić information content (AvgIpc) is 3.36. The molecule has 112 valence electrons. The van der Waals surface area contributed by atoms with Crippen LogP contribution in [0.25, 0.3) is 10.8 Å². The van der Waals surface area contributed by atoms with Crippen molar-refractivity contribution in [3.8, 4) is 0 Å². The van der Waals surface area contributed by atoms with Crippen LogP contribution in [0.1, 0.15) is 19.8 Å². The lowest BCUT2D eigenvalue weighted by Crippen LogP contribution is -1.97. The lowest BCUT2D eigenvalue weighted by molar-refractivity contribution is 0.794. The van der Waals surface area contributed by atoms with Crippen LogP contribution in [0.4, 0.5) is 5.69 Å². The molecule has 1 fully saturated rings. The number of anilines is 1. The number of benzene rings is 3. The van der Waals surface area contributed by atoms with Crippen LogP contribution in [-0.2, 0) is 0 Å². The van der Waals surface area contributed by atoms with Crippen molar-refractivity contribution < 1.29 is 0 Å². The maximum Gasteiger partial charge on any atom is 0.0466 e. The molecule has 1 aliphatic heterocycles. The zero-order chi connectivity index (χ0) is 15.2. The molecule has 1 nitrogen and oxygen atoms in total. The van der Waals surface area contributed by atoms with Crippen LogP contribution in [0.15, 0.2) is 78.9 Å². The largest absolute Gasteiger partial charge is 0.365 e. The molecule has 3 aromatic carbocycles. The summed E-state index contributed by atoms with van der Waals surface area (Å²) < 4.78 is 0. The molecule has 1 heteroatoms. The number of hydrogen-bond donors (Lipinski definition) is 0. The number of fused-ring (bicyclic) bond motifs is 1. The molecule has 1 heterocycles. The van der Waals surface area contributed by atoms with Gasteiger partial charge in [-0.05, 0) is 29.3 Å². The summed E-state index contributed by atoms with van der Waals surface area (Å²) in [6.45, 7) is 3.51. The summed E-state index contributed by atoms with van der Waals surface area (Å²) in [6.07, 6.45) is 2.64. The van der Waals surface area contributed by atoms with Gasteiger partial charge in [0.05, 0.1) is 0 Å². The van der Waals surface area contributed by atoms with Gasteiger partial charge in [-0.25, -0.2) is 0 Å². The summed E-state index contributed by atoms with van der Waals surface area (Å²) >= 11 is 0. The molecule has 1 atom stereocenters. The van der Waals surface area contributed by atoms with Gasteiger partial charge in [0.15, 0.2) is 0 Å². The predicted molar refractivity (Wildman–Crippen MR) is 96.4 cm³/mol. The van der Waals surface area contributed by atoms with Crippen molar-refractivity contribution in [3.05, 3.63) is 78.9 Å². The third kappa shape index (κ3) is 3.67. The quantitative estimate of drug-likeness (QED) is 0.574. The minimum atomic E-state index is 0.831. The van der Waals surface area contributed by atoms with Crippen molar-refractivity contribution in [2.75, 3.05) is 11.4 Å². The smallest absolute Gasteiger partial charge is 0.0466 e. The van der Waals surface area contributed by atoms with Crippen LogP contribution >= 0.6 is 0 Å². The van der Waals surface area contributed by atoms with E-state index in [4.69, 9.17) is 0 Å². The predicted octanol–water partition coefficient (Wildman–Crippen LogP) is 5.52. The molecule has 0 aliphatic carbocycles. The standard InChI is InChI=1S/C11H15N.C10H8/c1-2-6-11-9-12(11)10-7-4-3-5-8-10;1-2-6-10-8-4-3-7-9(10)5-1/h3-5,7-8,11H,2,6,9H2,1H3;1-8H. The first-order valence-corrected chi connectivity index (χ1v) is 8.14. The Kier molecular flexibility index (Phi) is 4.75. The molecule has 0 spiro atoms. The maximum atomic E-state index is 2.46. The van der Waals surface area contributed by atoms with Gasteiger partial charge < -0.3 is 4.90 Å². The maximum absolute atomic E-state index is 2.46. The van der Waals surface area contributed by atoms with E-state index in [2.05, 4.69) is 90.7 Å². The van der Waals surface area contributed by atoms with E-state index in [1.54, 1.807) is 0 Å². The van der Waals surface area contributed by atoms with Crippen LogP contribution in [-0.4, -0.2) is 12.6 Å². The zero-order valence-corrected chi connectivity index (χ0v) is 13.2. The summed E-state index contributed by atoms with van der Waals surface area (Å²) in [6, 6.07) is 28.2. The average molecular weight is 289 g/mol. The molecule has 1 saturated heterocycles. The second-order valence-electron chi connectivity index (χ2n) is 5.78. The highest BCUT2D eigenvalue weighted by Crippen LogP contribution is 2.29. The van der Waals surface area contributed by atoms with Crippen molar-refractivity contribution in [1.29, 1.82) is 0 Å². The van der Waals surface area contributed by atoms with Crippen molar-refractivity contribution in [2.24, 2.45) is 0 Å². The van der Waals surface area contributed by atoms with Crippen molar-refractivity contribution in [1.82, 2.24) is 0 Å². The van der Waals surface area contributed by atoms with E-state index in [1.165, 1.54) is 35.8 Å². The van der Waals surface area contributed by atoms with Gasteiger partial charge in [-0.1, -0.05) is 80.1 Å². The van der Waals surface area contributed by atoms with Crippen LogP contribution < -0.4 is 4.90 Å². The van der Waals surface area contributed by atoms with Gasteiger partial charge in [0, 0.05) is 18.3 Å². The van der Waals surface area contributed by atoms with Gasteiger partial charge in [-0.3, -0.25) is 0 Å². The highest BCUT2D eigenvalue weighted by atomic mass is 15.3. The molecule has 0 amide bonds. The van der Waals surface area contributed by atoms with Crippen LogP contribution in [0, 0.1) is 0 Å². The third-order valence-electron chi connectivity index (χ3n) is 4.08. The van der Waals surface area contributed by atoms with E-state index in [-0.39, 0.29) is 0 Å². The number of hydrogen-bond acceptors (Lipinski definition) is 1. The summed E-state index contributed by atoms with van der Waals surface area (Å²) in [5.74, 6) is 0. The van der Waals surface area contributed by atoms with E-state index in [0.717, 1.165) is 6.04 Å². The summed E-state index contributed by atoms with van der Waals surface area (Å²) in [5.41, 5.74) is 1.39. The molecular weight excluding hydrogens is 266 g/mol. The van der Waals surface area contributed by atoms with Crippen molar-refractivity contribution >= 4 is 16.5 Å². The van der Waals surface area contributed by atoms with Crippen molar-refractivity contribution in [2.45, 2.75) is 25.8 Å². The Morgan fingerprint density at radius 2 is 1.27 bits per heavy atom. The van der Waals surface area contributed by atoms with Gasteiger partial charge in [0.25, 0.3) is 0 Å². The Morgan fingerprint density at radius 3 is 1.77 bits per heavy atom. The molecule has 4 rings (SSSR count). The second-order valence-corrected chi connectivity index (χ2v) is 5.78. The van der Waals surface area contributed by atoms with Crippen LogP contribution in [0.2, 0.25) is 0 Å². The molecule has 22 heavy (non-hydrogen) atoms. The van der Waals surface area contributed by atoms with Crippen molar-refractivity contribution in [3.63, 3.8) is 0 Å². The summed E-state index contributed by atoms with van der Waals surface area (Å²) in [4.78, 5) is 2.46. The normalized spacial score (nSPS) is 16.0. The Labute approximate surface area is 133 Å². The fourth-order valence-corrected chi connectivity index (χ4v) is 2.83. The zero-order valence-electron chi connectivity index (χ0n) is 13.2. The first-order chi connectivity index (χ1) is 10.9. The Balaban J connectivity index is 0.000000133. The third-order valence-corrected chi connectivity index (χ3v) is 4.08. The minimum absolute atomic E-state index is 0.831. The Morgan fingerprint density at radius 1 is 0.773 bits per heavy atom. The highest BCUT2D eigenvalue weighted by molar-refractivity contribution is 5.82. The van der Waals surface area contributed by atoms with E-state index in [0.29, 0.717) is 0 Å². The Hall–Kier alpha value is -2.28. The Bertz CT molecular complexity index is 640. The van der Waals surface area contributed by atoms with Gasteiger partial charge in [-0.15, -0.1) is 0 Å². The molecule has 0 saturated carbocycles. The molecule has 0 bridgehead atoms. The SMILES string of the molecule is CCCC1CN1c1ccccc1.c1ccc2ccccc2c1. The van der Waals surface area contributed by atoms with E-state index in [1.807, 2.05) is 0 Å². The molecule has 1 aliphatic rings. The second kappa shape index (κ2) is 7.13. The highest BCUT2D eigenvalue weighted by Gasteiger charge is 2.32.